The summed E-state index contributed by atoms with van der Waals surface area (Å²) in [6, 6.07) is 5.96. The van der Waals surface area contributed by atoms with Crippen LogP contribution in [0.4, 0.5) is 0 Å². The standard InChI is InChI=1S/C14H18O3/c1-14(13(15)17-3)8-4-5-10-6-7-11(16-2)9-12(10)14/h6-7,9H,4-5,8H2,1-3H3/t14-/m0/s1. The molecule has 0 aromatic heterocycles. The largest absolute Gasteiger partial charge is 0.497 e. The first kappa shape index (κ1) is 12.0. The quantitative estimate of drug-likeness (QED) is 0.737. The fourth-order valence-corrected chi connectivity index (χ4v) is 2.62. The minimum absolute atomic E-state index is 0.160. The van der Waals surface area contributed by atoms with Crippen molar-refractivity contribution >= 4 is 5.97 Å². The summed E-state index contributed by atoms with van der Waals surface area (Å²) >= 11 is 0. The molecule has 0 radical (unpaired) electrons. The summed E-state index contributed by atoms with van der Waals surface area (Å²) in [5, 5.41) is 0. The summed E-state index contributed by atoms with van der Waals surface area (Å²) in [6.45, 7) is 1.95. The number of benzene rings is 1. The van der Waals surface area contributed by atoms with Crippen molar-refractivity contribution in [1.29, 1.82) is 0 Å². The van der Waals surface area contributed by atoms with Gasteiger partial charge < -0.3 is 9.47 Å². The predicted octanol–water partition coefficient (Wildman–Crippen LogP) is 2.46. The molecule has 1 aromatic carbocycles. The molecule has 1 aromatic rings. The smallest absolute Gasteiger partial charge is 0.316 e. The predicted molar refractivity (Wildman–Crippen MR) is 65.3 cm³/mol. The Balaban J connectivity index is 2.52. The topological polar surface area (TPSA) is 35.5 Å². The Kier molecular flexibility index (Phi) is 3.09. The first-order chi connectivity index (χ1) is 8.11. The number of rotatable bonds is 2. The minimum Gasteiger partial charge on any atom is -0.497 e. The molecule has 0 saturated carbocycles. The SMILES string of the molecule is COC(=O)[C@@]1(C)CCCc2ccc(OC)cc21. The second-order valence-corrected chi connectivity index (χ2v) is 4.70. The summed E-state index contributed by atoms with van der Waals surface area (Å²) in [7, 11) is 3.09. The monoisotopic (exact) mass is 234 g/mol. The zero-order valence-corrected chi connectivity index (χ0v) is 10.6. The second-order valence-electron chi connectivity index (χ2n) is 4.70. The van der Waals surface area contributed by atoms with E-state index < -0.39 is 5.41 Å². The van der Waals surface area contributed by atoms with Gasteiger partial charge in [-0.2, -0.15) is 0 Å². The number of hydrogen-bond donors (Lipinski definition) is 0. The molecule has 92 valence electrons. The Morgan fingerprint density at radius 3 is 2.76 bits per heavy atom. The lowest BCUT2D eigenvalue weighted by molar-refractivity contribution is -0.147. The number of fused-ring (bicyclic) bond motifs is 1. The van der Waals surface area contributed by atoms with Gasteiger partial charge in [0, 0.05) is 0 Å². The van der Waals surface area contributed by atoms with Crippen LogP contribution in [0.25, 0.3) is 0 Å². The maximum Gasteiger partial charge on any atom is 0.316 e. The van der Waals surface area contributed by atoms with Crippen molar-refractivity contribution in [2.75, 3.05) is 14.2 Å². The Bertz CT molecular complexity index is 439. The van der Waals surface area contributed by atoms with Gasteiger partial charge in [-0.1, -0.05) is 6.07 Å². The molecule has 3 nitrogen and oxygen atoms in total. The average Bonchev–Trinajstić information content (AvgIpc) is 2.37. The van der Waals surface area contributed by atoms with Crippen molar-refractivity contribution < 1.29 is 14.3 Å². The highest BCUT2D eigenvalue weighted by Crippen LogP contribution is 2.39. The molecule has 1 atom stereocenters. The van der Waals surface area contributed by atoms with E-state index in [4.69, 9.17) is 9.47 Å². The number of aryl methyl sites for hydroxylation is 1. The molecule has 0 unspecified atom stereocenters. The van der Waals surface area contributed by atoms with Crippen LogP contribution in [0.3, 0.4) is 0 Å². The van der Waals surface area contributed by atoms with Gasteiger partial charge in [0.15, 0.2) is 0 Å². The minimum atomic E-state index is -0.531. The summed E-state index contributed by atoms with van der Waals surface area (Å²) in [6.07, 6.45) is 2.87. The molecule has 0 fully saturated rings. The molecular formula is C14H18O3. The zero-order valence-electron chi connectivity index (χ0n) is 10.6. The Hall–Kier alpha value is -1.51. The van der Waals surface area contributed by atoms with Crippen LogP contribution in [0.15, 0.2) is 18.2 Å². The Morgan fingerprint density at radius 1 is 1.35 bits per heavy atom. The summed E-state index contributed by atoms with van der Waals surface area (Å²) in [5.74, 6) is 0.632. The van der Waals surface area contributed by atoms with E-state index in [9.17, 15) is 4.79 Å². The van der Waals surface area contributed by atoms with Gasteiger partial charge in [-0.15, -0.1) is 0 Å². The normalized spacial score (nSPS) is 22.8. The van der Waals surface area contributed by atoms with Gasteiger partial charge in [-0.25, -0.2) is 0 Å². The lowest BCUT2D eigenvalue weighted by Crippen LogP contribution is -2.37. The summed E-state index contributed by atoms with van der Waals surface area (Å²) in [5.41, 5.74) is 1.75. The molecule has 1 aliphatic carbocycles. The van der Waals surface area contributed by atoms with Crippen molar-refractivity contribution in [2.45, 2.75) is 31.6 Å². The summed E-state index contributed by atoms with van der Waals surface area (Å²) in [4.78, 5) is 12.0. The van der Waals surface area contributed by atoms with E-state index in [1.165, 1.54) is 12.7 Å². The van der Waals surface area contributed by atoms with Gasteiger partial charge in [0.1, 0.15) is 5.75 Å². The number of carbonyl (C=O) groups is 1. The van der Waals surface area contributed by atoms with Gasteiger partial charge in [0.25, 0.3) is 0 Å². The van der Waals surface area contributed by atoms with Crippen molar-refractivity contribution in [3.63, 3.8) is 0 Å². The molecule has 17 heavy (non-hydrogen) atoms. The first-order valence-corrected chi connectivity index (χ1v) is 5.87. The second kappa shape index (κ2) is 4.40. The van der Waals surface area contributed by atoms with Crippen LogP contribution in [0, 0.1) is 0 Å². The lowest BCUT2D eigenvalue weighted by atomic mass is 9.71. The highest BCUT2D eigenvalue weighted by atomic mass is 16.5. The molecule has 0 saturated heterocycles. The third kappa shape index (κ3) is 1.90. The molecule has 0 amide bonds. The van der Waals surface area contributed by atoms with E-state index in [0.29, 0.717) is 0 Å². The van der Waals surface area contributed by atoms with E-state index in [2.05, 4.69) is 6.07 Å². The van der Waals surface area contributed by atoms with Crippen molar-refractivity contribution in [3.8, 4) is 5.75 Å². The van der Waals surface area contributed by atoms with Crippen LogP contribution < -0.4 is 4.74 Å². The Labute approximate surface area is 102 Å². The average molecular weight is 234 g/mol. The number of ether oxygens (including phenoxy) is 2. The maximum atomic E-state index is 12.0. The van der Waals surface area contributed by atoms with Crippen LogP contribution in [0.1, 0.15) is 30.9 Å². The highest BCUT2D eigenvalue weighted by Gasteiger charge is 2.40. The maximum absolute atomic E-state index is 12.0. The van der Waals surface area contributed by atoms with E-state index >= 15 is 0 Å². The molecular weight excluding hydrogens is 216 g/mol. The van der Waals surface area contributed by atoms with Gasteiger partial charge in [0.2, 0.25) is 0 Å². The lowest BCUT2D eigenvalue weighted by Gasteiger charge is -2.33. The first-order valence-electron chi connectivity index (χ1n) is 5.87. The number of hydrogen-bond acceptors (Lipinski definition) is 3. The fraction of sp³-hybridized carbons (Fsp3) is 0.500. The molecule has 0 spiro atoms. The van der Waals surface area contributed by atoms with E-state index in [0.717, 1.165) is 30.6 Å². The Morgan fingerprint density at radius 2 is 2.12 bits per heavy atom. The van der Waals surface area contributed by atoms with Crippen molar-refractivity contribution in [1.82, 2.24) is 0 Å². The molecule has 3 heteroatoms. The summed E-state index contributed by atoms with van der Waals surface area (Å²) < 4.78 is 10.2. The molecule has 0 aliphatic heterocycles. The molecule has 0 bridgehead atoms. The molecule has 0 heterocycles. The molecule has 0 N–H and O–H groups in total. The van der Waals surface area contributed by atoms with Gasteiger partial charge in [-0.05, 0) is 49.4 Å². The number of carbonyl (C=O) groups excluding carboxylic acids is 1. The van der Waals surface area contributed by atoms with Gasteiger partial charge in [0.05, 0.1) is 19.6 Å². The number of esters is 1. The van der Waals surface area contributed by atoms with E-state index in [1.807, 2.05) is 19.1 Å². The van der Waals surface area contributed by atoms with Crippen LogP contribution in [-0.4, -0.2) is 20.2 Å². The molecule has 2 rings (SSSR count). The van der Waals surface area contributed by atoms with Crippen LogP contribution in [0.5, 0.6) is 5.75 Å². The van der Waals surface area contributed by atoms with Crippen LogP contribution in [-0.2, 0) is 21.4 Å². The van der Waals surface area contributed by atoms with Crippen molar-refractivity contribution in [2.24, 2.45) is 0 Å². The van der Waals surface area contributed by atoms with E-state index in [-0.39, 0.29) is 5.97 Å². The highest BCUT2D eigenvalue weighted by molar-refractivity contribution is 5.83. The van der Waals surface area contributed by atoms with Gasteiger partial charge in [-0.3, -0.25) is 4.79 Å². The fourth-order valence-electron chi connectivity index (χ4n) is 2.62. The number of methoxy groups -OCH3 is 2. The van der Waals surface area contributed by atoms with Crippen LogP contribution >= 0.6 is 0 Å². The third-order valence-electron chi connectivity index (χ3n) is 3.67. The molecule has 1 aliphatic rings. The van der Waals surface area contributed by atoms with Crippen LogP contribution in [0.2, 0.25) is 0 Å². The van der Waals surface area contributed by atoms with Gasteiger partial charge >= 0.3 is 5.97 Å². The van der Waals surface area contributed by atoms with Crippen molar-refractivity contribution in [3.05, 3.63) is 29.3 Å². The third-order valence-corrected chi connectivity index (χ3v) is 3.67. The zero-order chi connectivity index (χ0) is 12.5. The van der Waals surface area contributed by atoms with E-state index in [1.54, 1.807) is 7.11 Å².